The van der Waals surface area contributed by atoms with Crippen LogP contribution < -0.4 is 10.0 Å². The first-order valence-corrected chi connectivity index (χ1v) is 8.06. The summed E-state index contributed by atoms with van der Waals surface area (Å²) in [5.41, 5.74) is 0.872. The number of rotatable bonds is 7. The molecule has 0 aliphatic heterocycles. The number of sulfonamides is 1. The minimum atomic E-state index is -3.28. The first-order valence-electron chi connectivity index (χ1n) is 5.60. The molecule has 0 spiro atoms. The van der Waals surface area contributed by atoms with Gasteiger partial charge in [-0.1, -0.05) is 6.92 Å². The summed E-state index contributed by atoms with van der Waals surface area (Å²) in [5, 5.41) is 3.51. The molecule has 7 heteroatoms. The van der Waals surface area contributed by atoms with E-state index in [2.05, 4.69) is 15.0 Å². The Bertz CT molecular complexity index is 435. The van der Waals surface area contributed by atoms with Crippen LogP contribution in [0.5, 0.6) is 0 Å². The summed E-state index contributed by atoms with van der Waals surface area (Å²) in [6, 6.07) is 0. The molecule has 0 aliphatic rings. The zero-order chi connectivity index (χ0) is 12.9. The maximum atomic E-state index is 11.7. The summed E-state index contributed by atoms with van der Waals surface area (Å²) in [6.07, 6.45) is 0.998. The van der Waals surface area contributed by atoms with Gasteiger partial charge in [0.1, 0.15) is 0 Å². The fraction of sp³-hybridized carbons (Fsp3) is 0.700. The quantitative estimate of drug-likeness (QED) is 0.741. The van der Waals surface area contributed by atoms with Gasteiger partial charge in [-0.05, 0) is 26.8 Å². The van der Waals surface area contributed by atoms with E-state index in [1.807, 2.05) is 20.8 Å². The summed E-state index contributed by atoms with van der Waals surface area (Å²) in [5.74, 6) is 0.0741. The average molecular weight is 277 g/mol. The van der Waals surface area contributed by atoms with E-state index < -0.39 is 10.0 Å². The van der Waals surface area contributed by atoms with Crippen molar-refractivity contribution in [2.45, 2.75) is 27.2 Å². The molecule has 2 N–H and O–H groups in total. The number of hydrogen-bond donors (Lipinski definition) is 2. The lowest BCUT2D eigenvalue weighted by molar-refractivity contribution is 0.595. The van der Waals surface area contributed by atoms with E-state index in [1.165, 1.54) is 11.3 Å². The number of thiazole rings is 1. The van der Waals surface area contributed by atoms with Crippen LogP contribution in [0.1, 0.15) is 23.9 Å². The van der Waals surface area contributed by atoms with Crippen LogP contribution in [0.4, 0.5) is 5.13 Å². The maximum Gasteiger partial charge on any atom is 0.235 e. The third-order valence-electron chi connectivity index (χ3n) is 2.25. The van der Waals surface area contributed by atoms with Gasteiger partial charge < -0.3 is 5.32 Å². The van der Waals surface area contributed by atoms with Gasteiger partial charge in [0.05, 0.1) is 11.4 Å². The molecule has 0 radical (unpaired) electrons. The molecule has 17 heavy (non-hydrogen) atoms. The number of aryl methyl sites for hydroxylation is 2. The first-order chi connectivity index (χ1) is 7.94. The number of hydrogen-bond acceptors (Lipinski definition) is 5. The van der Waals surface area contributed by atoms with Crippen LogP contribution in [0.3, 0.4) is 0 Å². The molecule has 0 atom stereocenters. The van der Waals surface area contributed by atoms with E-state index in [0.717, 1.165) is 23.5 Å². The van der Waals surface area contributed by atoms with E-state index in [1.54, 1.807) is 0 Å². The minimum absolute atomic E-state index is 0.0741. The van der Waals surface area contributed by atoms with Crippen LogP contribution in [-0.2, 0) is 10.0 Å². The summed E-state index contributed by atoms with van der Waals surface area (Å²) in [4.78, 5) is 5.18. The zero-order valence-electron chi connectivity index (χ0n) is 10.4. The van der Waals surface area contributed by atoms with Gasteiger partial charge >= 0.3 is 0 Å². The van der Waals surface area contributed by atoms with Crippen LogP contribution in [-0.4, -0.2) is 32.2 Å². The highest BCUT2D eigenvalue weighted by Crippen LogP contribution is 2.21. The normalized spacial score (nSPS) is 11.7. The smallest absolute Gasteiger partial charge is 0.235 e. The third-order valence-corrected chi connectivity index (χ3v) is 4.61. The molecular weight excluding hydrogens is 258 g/mol. The van der Waals surface area contributed by atoms with Crippen molar-refractivity contribution < 1.29 is 8.42 Å². The lowest BCUT2D eigenvalue weighted by Gasteiger charge is -2.05. The SMILES string of the molecule is CCCNCCS(=O)(=O)Nc1nc(C)c(C)s1. The lowest BCUT2D eigenvalue weighted by Crippen LogP contribution is -2.27. The number of nitrogens with zero attached hydrogens (tertiary/aromatic N) is 1. The minimum Gasteiger partial charge on any atom is -0.316 e. The van der Waals surface area contributed by atoms with E-state index in [0.29, 0.717) is 11.7 Å². The van der Waals surface area contributed by atoms with Crippen LogP contribution in [0.25, 0.3) is 0 Å². The average Bonchev–Trinajstić information content (AvgIpc) is 2.52. The van der Waals surface area contributed by atoms with Crippen molar-refractivity contribution in [1.29, 1.82) is 0 Å². The molecule has 0 unspecified atom stereocenters. The fourth-order valence-corrected chi connectivity index (χ4v) is 3.25. The van der Waals surface area contributed by atoms with Crippen LogP contribution in [0.2, 0.25) is 0 Å². The van der Waals surface area contributed by atoms with Gasteiger partial charge in [-0.3, -0.25) is 4.72 Å². The predicted molar refractivity (Wildman–Crippen MR) is 72.2 cm³/mol. The Morgan fingerprint density at radius 3 is 2.53 bits per heavy atom. The van der Waals surface area contributed by atoms with E-state index in [4.69, 9.17) is 0 Å². The van der Waals surface area contributed by atoms with Crippen LogP contribution in [0, 0.1) is 13.8 Å². The molecule has 0 aromatic carbocycles. The summed E-state index contributed by atoms with van der Waals surface area (Å²) in [7, 11) is -3.28. The number of anilines is 1. The fourth-order valence-electron chi connectivity index (χ4n) is 1.21. The van der Waals surface area contributed by atoms with Gasteiger partial charge in [-0.15, -0.1) is 11.3 Å². The molecule has 1 rings (SSSR count). The van der Waals surface area contributed by atoms with E-state index >= 15 is 0 Å². The zero-order valence-corrected chi connectivity index (χ0v) is 12.0. The van der Waals surface area contributed by atoms with E-state index in [-0.39, 0.29) is 5.75 Å². The molecule has 0 amide bonds. The molecule has 98 valence electrons. The Kier molecular flexibility index (Phi) is 5.35. The second-order valence-corrected chi connectivity index (χ2v) is 6.88. The van der Waals surface area contributed by atoms with Crippen molar-refractivity contribution in [3.63, 3.8) is 0 Å². The monoisotopic (exact) mass is 277 g/mol. The van der Waals surface area contributed by atoms with Crippen LogP contribution >= 0.6 is 11.3 Å². The van der Waals surface area contributed by atoms with Crippen molar-refractivity contribution in [1.82, 2.24) is 10.3 Å². The molecule has 0 saturated heterocycles. The van der Waals surface area contributed by atoms with Crippen molar-refractivity contribution in [2.24, 2.45) is 0 Å². The molecule has 0 fully saturated rings. The van der Waals surface area contributed by atoms with E-state index in [9.17, 15) is 8.42 Å². The van der Waals surface area contributed by atoms with Gasteiger partial charge in [-0.25, -0.2) is 13.4 Å². The van der Waals surface area contributed by atoms with Gasteiger partial charge in [0.15, 0.2) is 5.13 Å². The van der Waals surface area contributed by atoms with Gasteiger partial charge in [-0.2, -0.15) is 0 Å². The standard InChI is InChI=1S/C10H19N3O2S2/c1-4-5-11-6-7-17(14,15)13-10-12-8(2)9(3)16-10/h11H,4-7H2,1-3H3,(H,12,13). The highest BCUT2D eigenvalue weighted by Gasteiger charge is 2.13. The summed E-state index contributed by atoms with van der Waals surface area (Å²) < 4.78 is 25.9. The lowest BCUT2D eigenvalue weighted by atomic mass is 10.4. The summed E-state index contributed by atoms with van der Waals surface area (Å²) >= 11 is 1.36. The van der Waals surface area contributed by atoms with Gasteiger partial charge in [0.25, 0.3) is 0 Å². The highest BCUT2D eigenvalue weighted by molar-refractivity contribution is 7.92. The summed E-state index contributed by atoms with van der Waals surface area (Å²) in [6.45, 7) is 7.14. The molecule has 0 saturated carbocycles. The largest absolute Gasteiger partial charge is 0.316 e. The van der Waals surface area contributed by atoms with Gasteiger partial charge in [0.2, 0.25) is 10.0 Å². The Labute approximate surface area is 107 Å². The van der Waals surface area contributed by atoms with Crippen molar-refractivity contribution in [2.75, 3.05) is 23.6 Å². The molecule has 0 bridgehead atoms. The Morgan fingerprint density at radius 1 is 1.29 bits per heavy atom. The highest BCUT2D eigenvalue weighted by atomic mass is 32.2. The molecule has 5 nitrogen and oxygen atoms in total. The van der Waals surface area contributed by atoms with Crippen molar-refractivity contribution in [3.8, 4) is 0 Å². The molecule has 1 aromatic heterocycles. The Hall–Kier alpha value is -0.660. The number of nitrogens with one attached hydrogen (secondary N) is 2. The van der Waals surface area contributed by atoms with Gasteiger partial charge in [0, 0.05) is 11.4 Å². The molecule has 1 aromatic rings. The molecule has 1 heterocycles. The number of aromatic nitrogens is 1. The van der Waals surface area contributed by atoms with Crippen LogP contribution in [0.15, 0.2) is 0 Å². The molecular formula is C10H19N3O2S2. The third kappa shape index (κ3) is 5.01. The predicted octanol–water partition coefficient (Wildman–Crippen LogP) is 1.50. The molecule has 0 aliphatic carbocycles. The Balaban J connectivity index is 2.49. The second-order valence-electron chi connectivity index (χ2n) is 3.83. The maximum absolute atomic E-state index is 11.7. The topological polar surface area (TPSA) is 71.1 Å². The van der Waals surface area contributed by atoms with Crippen molar-refractivity contribution in [3.05, 3.63) is 10.6 Å². The Morgan fingerprint density at radius 2 is 2.00 bits per heavy atom. The van der Waals surface area contributed by atoms with Crippen molar-refractivity contribution >= 4 is 26.5 Å². The second kappa shape index (κ2) is 6.32. The first kappa shape index (κ1) is 14.4.